The van der Waals surface area contributed by atoms with Crippen LogP contribution in [0.4, 0.5) is 0 Å². The average molecular weight is 251 g/mol. The minimum absolute atomic E-state index is 0.0107. The van der Waals surface area contributed by atoms with Gasteiger partial charge < -0.3 is 10.0 Å². The fourth-order valence-corrected chi connectivity index (χ4v) is 2.52. The summed E-state index contributed by atoms with van der Waals surface area (Å²) in [7, 11) is 1.74. The van der Waals surface area contributed by atoms with Gasteiger partial charge in [0, 0.05) is 19.8 Å². The molecule has 1 aliphatic rings. The van der Waals surface area contributed by atoms with E-state index in [4.69, 9.17) is 0 Å². The van der Waals surface area contributed by atoms with E-state index in [0.717, 1.165) is 6.42 Å². The summed E-state index contributed by atoms with van der Waals surface area (Å²) in [5, 5.41) is 13.3. The molecule has 1 fully saturated rings. The van der Waals surface area contributed by atoms with E-state index in [2.05, 4.69) is 5.10 Å². The van der Waals surface area contributed by atoms with Crippen molar-refractivity contribution in [3.05, 3.63) is 17.5 Å². The van der Waals surface area contributed by atoms with Gasteiger partial charge in [-0.25, -0.2) is 4.79 Å². The number of carbonyl (C=O) groups excluding carboxylic acids is 1. The molecule has 0 saturated carbocycles. The smallest absolute Gasteiger partial charge is 0.326 e. The van der Waals surface area contributed by atoms with Gasteiger partial charge in [-0.15, -0.1) is 0 Å². The topological polar surface area (TPSA) is 75.4 Å². The monoisotopic (exact) mass is 251 g/mol. The summed E-state index contributed by atoms with van der Waals surface area (Å²) in [6, 6.07) is -0.725. The highest BCUT2D eigenvalue weighted by Gasteiger charge is 2.40. The Balaban J connectivity index is 2.29. The van der Waals surface area contributed by atoms with Gasteiger partial charge in [-0.3, -0.25) is 9.48 Å². The van der Waals surface area contributed by atoms with E-state index < -0.39 is 12.0 Å². The molecule has 0 aromatic carbocycles. The second-order valence-electron chi connectivity index (χ2n) is 4.85. The zero-order valence-electron chi connectivity index (χ0n) is 10.8. The quantitative estimate of drug-likeness (QED) is 0.838. The number of amides is 1. The first kappa shape index (κ1) is 12.6. The SMILES string of the molecule is Cc1nn(C)cc1C(=O)N1CCC(C)C1C(=O)O. The van der Waals surface area contributed by atoms with Gasteiger partial charge in [0.2, 0.25) is 0 Å². The van der Waals surface area contributed by atoms with Gasteiger partial charge in [0.15, 0.2) is 0 Å². The lowest BCUT2D eigenvalue weighted by Crippen LogP contribution is -2.42. The molecule has 2 unspecified atom stereocenters. The van der Waals surface area contributed by atoms with Crippen molar-refractivity contribution in [1.82, 2.24) is 14.7 Å². The third kappa shape index (κ3) is 1.98. The van der Waals surface area contributed by atoms with Crippen molar-refractivity contribution in [1.29, 1.82) is 0 Å². The Kier molecular flexibility index (Phi) is 3.11. The number of aromatic nitrogens is 2. The molecule has 6 nitrogen and oxygen atoms in total. The summed E-state index contributed by atoms with van der Waals surface area (Å²) in [5.41, 5.74) is 1.11. The van der Waals surface area contributed by atoms with Crippen molar-refractivity contribution < 1.29 is 14.7 Å². The largest absolute Gasteiger partial charge is 0.480 e. The maximum absolute atomic E-state index is 12.4. The molecule has 2 rings (SSSR count). The lowest BCUT2D eigenvalue weighted by Gasteiger charge is -2.23. The molecule has 0 spiro atoms. The van der Waals surface area contributed by atoms with Crippen molar-refractivity contribution >= 4 is 11.9 Å². The van der Waals surface area contributed by atoms with Gasteiger partial charge in [0.25, 0.3) is 5.91 Å². The van der Waals surface area contributed by atoms with E-state index in [1.807, 2.05) is 6.92 Å². The Hall–Kier alpha value is -1.85. The zero-order valence-corrected chi connectivity index (χ0v) is 10.8. The number of hydrogen-bond acceptors (Lipinski definition) is 3. The maximum Gasteiger partial charge on any atom is 0.326 e. The van der Waals surface area contributed by atoms with Crippen LogP contribution >= 0.6 is 0 Å². The Bertz CT molecular complexity index is 495. The summed E-state index contributed by atoms with van der Waals surface area (Å²) in [6.45, 7) is 4.11. The van der Waals surface area contributed by atoms with Crippen molar-refractivity contribution in [2.45, 2.75) is 26.3 Å². The fourth-order valence-electron chi connectivity index (χ4n) is 2.52. The Morgan fingerprint density at radius 1 is 1.50 bits per heavy atom. The molecule has 18 heavy (non-hydrogen) atoms. The zero-order chi connectivity index (χ0) is 13.4. The highest BCUT2D eigenvalue weighted by atomic mass is 16.4. The van der Waals surface area contributed by atoms with Crippen LogP contribution in [0.3, 0.4) is 0 Å². The number of rotatable bonds is 2. The number of carboxylic acids is 1. The minimum atomic E-state index is -0.935. The molecule has 1 aromatic rings. The predicted octanol–water partition coefficient (Wildman–Crippen LogP) is 0.664. The third-order valence-electron chi connectivity index (χ3n) is 3.46. The summed E-state index contributed by atoms with van der Waals surface area (Å²) >= 11 is 0. The summed E-state index contributed by atoms with van der Waals surface area (Å²) in [5.74, 6) is -1.18. The maximum atomic E-state index is 12.4. The van der Waals surface area contributed by atoms with Crippen LogP contribution in [0.1, 0.15) is 29.4 Å². The molecule has 0 radical (unpaired) electrons. The van der Waals surface area contributed by atoms with Crippen molar-refractivity contribution in [3.8, 4) is 0 Å². The predicted molar refractivity (Wildman–Crippen MR) is 64.2 cm³/mol. The second kappa shape index (κ2) is 4.44. The molecule has 1 aliphatic heterocycles. The summed E-state index contributed by atoms with van der Waals surface area (Å²) in [6.07, 6.45) is 2.36. The highest BCUT2D eigenvalue weighted by Crippen LogP contribution is 2.26. The number of likely N-dealkylation sites (tertiary alicyclic amines) is 1. The average Bonchev–Trinajstić information content (AvgIpc) is 2.80. The van der Waals surface area contributed by atoms with Crippen LogP contribution in [-0.4, -0.2) is 44.3 Å². The van der Waals surface area contributed by atoms with E-state index in [1.54, 1.807) is 24.9 Å². The molecule has 1 N–H and O–H groups in total. The molecule has 0 aliphatic carbocycles. The summed E-state index contributed by atoms with van der Waals surface area (Å²) in [4.78, 5) is 25.0. The van der Waals surface area contributed by atoms with Crippen LogP contribution in [0.15, 0.2) is 6.20 Å². The van der Waals surface area contributed by atoms with Crippen molar-refractivity contribution in [2.24, 2.45) is 13.0 Å². The van der Waals surface area contributed by atoms with E-state index in [-0.39, 0.29) is 11.8 Å². The first-order chi connectivity index (χ1) is 8.41. The molecule has 1 amide bonds. The number of aryl methyl sites for hydroxylation is 2. The van der Waals surface area contributed by atoms with E-state index >= 15 is 0 Å². The van der Waals surface area contributed by atoms with Crippen LogP contribution in [0.2, 0.25) is 0 Å². The van der Waals surface area contributed by atoms with E-state index in [1.165, 1.54) is 4.90 Å². The van der Waals surface area contributed by atoms with Crippen LogP contribution in [0.5, 0.6) is 0 Å². The third-order valence-corrected chi connectivity index (χ3v) is 3.46. The molecule has 6 heteroatoms. The van der Waals surface area contributed by atoms with Gasteiger partial charge >= 0.3 is 5.97 Å². The molecular formula is C12H17N3O3. The first-order valence-electron chi connectivity index (χ1n) is 5.96. The number of carboxylic acid groups (broad SMARTS) is 1. The fraction of sp³-hybridized carbons (Fsp3) is 0.583. The van der Waals surface area contributed by atoms with Gasteiger partial charge in [-0.1, -0.05) is 6.92 Å². The van der Waals surface area contributed by atoms with E-state index in [0.29, 0.717) is 17.8 Å². The number of hydrogen-bond donors (Lipinski definition) is 1. The molecule has 2 heterocycles. The van der Waals surface area contributed by atoms with Crippen LogP contribution in [-0.2, 0) is 11.8 Å². The lowest BCUT2D eigenvalue weighted by atomic mass is 10.0. The molecule has 98 valence electrons. The van der Waals surface area contributed by atoms with Gasteiger partial charge in [-0.2, -0.15) is 5.10 Å². The second-order valence-corrected chi connectivity index (χ2v) is 4.85. The van der Waals surface area contributed by atoms with Crippen molar-refractivity contribution in [2.75, 3.05) is 6.54 Å². The van der Waals surface area contributed by atoms with Crippen LogP contribution in [0.25, 0.3) is 0 Å². The lowest BCUT2D eigenvalue weighted by molar-refractivity contribution is -0.142. The minimum Gasteiger partial charge on any atom is -0.480 e. The molecule has 1 saturated heterocycles. The molecular weight excluding hydrogens is 234 g/mol. The number of nitrogens with zero attached hydrogens (tertiary/aromatic N) is 3. The van der Waals surface area contributed by atoms with Crippen LogP contribution in [0, 0.1) is 12.8 Å². The summed E-state index contributed by atoms with van der Waals surface area (Å²) < 4.78 is 1.57. The van der Waals surface area contributed by atoms with Gasteiger partial charge in [-0.05, 0) is 19.3 Å². The van der Waals surface area contributed by atoms with Crippen LogP contribution < -0.4 is 0 Å². The number of aliphatic carboxylic acids is 1. The Labute approximate surface area is 105 Å². The molecule has 2 atom stereocenters. The Morgan fingerprint density at radius 2 is 2.17 bits per heavy atom. The normalized spacial score (nSPS) is 23.4. The Morgan fingerprint density at radius 3 is 2.67 bits per heavy atom. The molecule has 1 aromatic heterocycles. The standard InChI is InChI=1S/C12H17N3O3/c1-7-4-5-15(10(7)12(17)18)11(16)9-6-14(3)13-8(9)2/h6-7,10H,4-5H2,1-3H3,(H,17,18). The van der Waals surface area contributed by atoms with Crippen molar-refractivity contribution in [3.63, 3.8) is 0 Å². The highest BCUT2D eigenvalue weighted by molar-refractivity contribution is 5.97. The number of carbonyl (C=O) groups is 2. The van der Waals surface area contributed by atoms with Gasteiger partial charge in [0.05, 0.1) is 11.3 Å². The van der Waals surface area contributed by atoms with E-state index in [9.17, 15) is 14.7 Å². The molecule has 0 bridgehead atoms. The first-order valence-corrected chi connectivity index (χ1v) is 5.96. The van der Waals surface area contributed by atoms with Gasteiger partial charge in [0.1, 0.15) is 6.04 Å².